The molecule has 1 N–H and O–H groups in total. The third-order valence-corrected chi connectivity index (χ3v) is 2.56. The van der Waals surface area contributed by atoms with E-state index < -0.39 is 5.97 Å². The minimum atomic E-state index is -1.08. The zero-order valence-corrected chi connectivity index (χ0v) is 10.5. The molecule has 0 atom stereocenters. The molecule has 100 valence electrons. The fourth-order valence-corrected chi connectivity index (χ4v) is 1.63. The van der Waals surface area contributed by atoms with E-state index in [1.165, 1.54) is 0 Å². The predicted molar refractivity (Wildman–Crippen MR) is 65.5 cm³/mol. The van der Waals surface area contributed by atoms with Crippen LogP contribution < -0.4 is 9.47 Å². The molecule has 1 aromatic carbocycles. The molecule has 0 unspecified atom stereocenters. The lowest BCUT2D eigenvalue weighted by Gasteiger charge is -2.06. The molecule has 0 fully saturated rings. The van der Waals surface area contributed by atoms with E-state index in [4.69, 9.17) is 19.1 Å². The highest BCUT2D eigenvalue weighted by atomic mass is 16.5. The fraction of sp³-hybridized carbons (Fsp3) is 0.231. The van der Waals surface area contributed by atoms with Gasteiger partial charge in [0.25, 0.3) is 0 Å². The van der Waals surface area contributed by atoms with E-state index >= 15 is 0 Å². The topological polar surface area (TPSA) is 81.8 Å². The van der Waals surface area contributed by atoms with Crippen LogP contribution in [0.2, 0.25) is 0 Å². The molecule has 0 aliphatic carbocycles. The standard InChI is InChI=1S/C13H13NO5/c1-8-12(13(15)16)11(19-14-8)7-18-10-5-3-4-9(6-10)17-2/h3-6H,7H2,1-2H3,(H,15,16). The van der Waals surface area contributed by atoms with Gasteiger partial charge in [-0.25, -0.2) is 4.79 Å². The van der Waals surface area contributed by atoms with Gasteiger partial charge in [-0.3, -0.25) is 0 Å². The highest BCUT2D eigenvalue weighted by molar-refractivity contribution is 5.89. The molecule has 0 saturated heterocycles. The van der Waals surface area contributed by atoms with Crippen molar-refractivity contribution in [3.05, 3.63) is 41.3 Å². The molecular weight excluding hydrogens is 250 g/mol. The first-order chi connectivity index (χ1) is 9.11. The number of aryl methyl sites for hydroxylation is 1. The summed E-state index contributed by atoms with van der Waals surface area (Å²) in [6, 6.07) is 7.00. The highest BCUT2D eigenvalue weighted by Crippen LogP contribution is 2.21. The van der Waals surface area contributed by atoms with Gasteiger partial charge in [-0.1, -0.05) is 11.2 Å². The van der Waals surface area contributed by atoms with Gasteiger partial charge >= 0.3 is 5.97 Å². The zero-order valence-electron chi connectivity index (χ0n) is 10.5. The predicted octanol–water partition coefficient (Wildman–Crippen LogP) is 2.27. The summed E-state index contributed by atoms with van der Waals surface area (Å²) in [6.07, 6.45) is 0. The molecule has 0 spiro atoms. The molecule has 2 rings (SSSR count). The summed E-state index contributed by atoms with van der Waals surface area (Å²) in [5.74, 6) is 0.324. The highest BCUT2D eigenvalue weighted by Gasteiger charge is 2.20. The number of nitrogens with zero attached hydrogens (tertiary/aromatic N) is 1. The SMILES string of the molecule is COc1cccc(OCc2onc(C)c2C(=O)O)c1. The number of rotatable bonds is 5. The Bertz CT molecular complexity index is 590. The maximum atomic E-state index is 11.0. The number of hydrogen-bond acceptors (Lipinski definition) is 5. The number of carbonyl (C=O) groups is 1. The Labute approximate surface area is 109 Å². The number of methoxy groups -OCH3 is 1. The van der Waals surface area contributed by atoms with Crippen molar-refractivity contribution in [1.82, 2.24) is 5.16 Å². The molecule has 0 aliphatic rings. The molecule has 6 nitrogen and oxygen atoms in total. The van der Waals surface area contributed by atoms with Crippen molar-refractivity contribution in [2.45, 2.75) is 13.5 Å². The Morgan fingerprint density at radius 1 is 1.42 bits per heavy atom. The van der Waals surface area contributed by atoms with Crippen molar-refractivity contribution in [1.29, 1.82) is 0 Å². The van der Waals surface area contributed by atoms with Crippen LogP contribution in [-0.4, -0.2) is 23.3 Å². The van der Waals surface area contributed by atoms with Gasteiger partial charge in [0, 0.05) is 6.07 Å². The molecule has 0 saturated carbocycles. The number of aromatic nitrogens is 1. The molecule has 19 heavy (non-hydrogen) atoms. The van der Waals surface area contributed by atoms with Crippen LogP contribution in [0.5, 0.6) is 11.5 Å². The Morgan fingerprint density at radius 3 is 2.84 bits per heavy atom. The monoisotopic (exact) mass is 263 g/mol. The van der Waals surface area contributed by atoms with Gasteiger partial charge in [-0.2, -0.15) is 0 Å². The van der Waals surface area contributed by atoms with Gasteiger partial charge in [0.1, 0.15) is 23.7 Å². The van der Waals surface area contributed by atoms with E-state index in [1.54, 1.807) is 38.3 Å². The van der Waals surface area contributed by atoms with Gasteiger partial charge in [0.15, 0.2) is 5.76 Å². The van der Waals surface area contributed by atoms with Crippen molar-refractivity contribution in [3.63, 3.8) is 0 Å². The van der Waals surface area contributed by atoms with Crippen LogP contribution in [0.1, 0.15) is 21.8 Å². The average molecular weight is 263 g/mol. The van der Waals surface area contributed by atoms with Crippen LogP contribution in [0.3, 0.4) is 0 Å². The minimum Gasteiger partial charge on any atom is -0.497 e. The maximum Gasteiger partial charge on any atom is 0.341 e. The van der Waals surface area contributed by atoms with E-state index in [0.29, 0.717) is 17.2 Å². The quantitative estimate of drug-likeness (QED) is 0.891. The summed E-state index contributed by atoms with van der Waals surface area (Å²) in [7, 11) is 1.56. The van der Waals surface area contributed by atoms with Crippen molar-refractivity contribution in [2.24, 2.45) is 0 Å². The summed E-state index contributed by atoms with van der Waals surface area (Å²) in [5, 5.41) is 12.7. The van der Waals surface area contributed by atoms with Crippen LogP contribution in [0.4, 0.5) is 0 Å². The molecule has 2 aromatic rings. The molecule has 6 heteroatoms. The second kappa shape index (κ2) is 5.43. The van der Waals surface area contributed by atoms with E-state index in [9.17, 15) is 4.79 Å². The smallest absolute Gasteiger partial charge is 0.341 e. The number of carboxylic acid groups (broad SMARTS) is 1. The van der Waals surface area contributed by atoms with Gasteiger partial charge in [-0.15, -0.1) is 0 Å². The van der Waals surface area contributed by atoms with Gasteiger partial charge < -0.3 is 19.1 Å². The lowest BCUT2D eigenvalue weighted by Crippen LogP contribution is -2.04. The fourth-order valence-electron chi connectivity index (χ4n) is 1.63. The second-order valence-corrected chi connectivity index (χ2v) is 3.84. The normalized spacial score (nSPS) is 10.2. The van der Waals surface area contributed by atoms with Crippen molar-refractivity contribution in [2.75, 3.05) is 7.11 Å². The Hall–Kier alpha value is -2.50. The van der Waals surface area contributed by atoms with Crippen molar-refractivity contribution >= 4 is 5.97 Å². The van der Waals surface area contributed by atoms with Crippen LogP contribution in [0.25, 0.3) is 0 Å². The minimum absolute atomic E-state index is 0.00432. The van der Waals surface area contributed by atoms with Crippen LogP contribution in [-0.2, 0) is 6.61 Å². The summed E-state index contributed by atoms with van der Waals surface area (Å²) in [4.78, 5) is 11.0. The maximum absolute atomic E-state index is 11.0. The van der Waals surface area contributed by atoms with Gasteiger partial charge in [-0.05, 0) is 19.1 Å². The first-order valence-corrected chi connectivity index (χ1v) is 5.57. The summed E-state index contributed by atoms with van der Waals surface area (Å²) >= 11 is 0. The first-order valence-electron chi connectivity index (χ1n) is 5.57. The largest absolute Gasteiger partial charge is 0.497 e. The lowest BCUT2D eigenvalue weighted by molar-refractivity contribution is 0.0691. The Kier molecular flexibility index (Phi) is 3.70. The molecule has 0 radical (unpaired) electrons. The van der Waals surface area contributed by atoms with E-state index in [-0.39, 0.29) is 17.9 Å². The number of benzene rings is 1. The lowest BCUT2D eigenvalue weighted by atomic mass is 10.2. The summed E-state index contributed by atoms with van der Waals surface area (Å²) < 4.78 is 15.5. The average Bonchev–Trinajstić information content (AvgIpc) is 2.78. The summed E-state index contributed by atoms with van der Waals surface area (Å²) in [5.41, 5.74) is 0.375. The first kappa shape index (κ1) is 12.9. The zero-order chi connectivity index (χ0) is 13.8. The van der Waals surface area contributed by atoms with Crippen LogP contribution >= 0.6 is 0 Å². The molecule has 0 bridgehead atoms. The van der Waals surface area contributed by atoms with E-state index in [0.717, 1.165) is 0 Å². The molecule has 1 aromatic heterocycles. The van der Waals surface area contributed by atoms with Gasteiger partial charge in [0.05, 0.1) is 12.8 Å². The molecule has 0 amide bonds. The van der Waals surface area contributed by atoms with Crippen LogP contribution in [0.15, 0.2) is 28.8 Å². The molecular formula is C13H13NO5. The van der Waals surface area contributed by atoms with Gasteiger partial charge in [0.2, 0.25) is 0 Å². The molecule has 1 heterocycles. The number of aromatic carboxylic acids is 1. The Morgan fingerprint density at radius 2 is 2.16 bits per heavy atom. The van der Waals surface area contributed by atoms with E-state index in [2.05, 4.69) is 5.16 Å². The Balaban J connectivity index is 2.12. The van der Waals surface area contributed by atoms with Crippen molar-refractivity contribution < 1.29 is 23.9 Å². The number of hydrogen-bond donors (Lipinski definition) is 1. The number of ether oxygens (including phenoxy) is 2. The second-order valence-electron chi connectivity index (χ2n) is 3.84. The molecule has 0 aliphatic heterocycles. The number of carboxylic acids is 1. The van der Waals surface area contributed by atoms with Crippen molar-refractivity contribution in [3.8, 4) is 11.5 Å². The van der Waals surface area contributed by atoms with Crippen LogP contribution in [0, 0.1) is 6.92 Å². The third-order valence-electron chi connectivity index (χ3n) is 2.56. The van der Waals surface area contributed by atoms with E-state index in [1.807, 2.05) is 0 Å². The third kappa shape index (κ3) is 2.85. The summed E-state index contributed by atoms with van der Waals surface area (Å²) in [6.45, 7) is 1.57.